The Labute approximate surface area is 148 Å². The molecule has 24 heavy (non-hydrogen) atoms. The molecule has 0 spiro atoms. The maximum atomic E-state index is 12.7. The summed E-state index contributed by atoms with van der Waals surface area (Å²) in [6.07, 6.45) is 0. The van der Waals surface area contributed by atoms with Crippen LogP contribution in [0.25, 0.3) is 5.57 Å². The van der Waals surface area contributed by atoms with Crippen LogP contribution in [-0.2, 0) is 9.59 Å². The van der Waals surface area contributed by atoms with Gasteiger partial charge in [0.15, 0.2) is 0 Å². The number of thiocarbonyl (C=S) groups is 1. The SMILES string of the molecule is O=C(O)CN1C(=O)C(=C(c2ccccc2)c2ccccc2)SC1=S. The van der Waals surface area contributed by atoms with Gasteiger partial charge >= 0.3 is 5.97 Å². The van der Waals surface area contributed by atoms with Crippen molar-refractivity contribution in [2.24, 2.45) is 0 Å². The minimum Gasteiger partial charge on any atom is -0.480 e. The van der Waals surface area contributed by atoms with Gasteiger partial charge in [-0.3, -0.25) is 14.5 Å². The molecule has 1 heterocycles. The van der Waals surface area contributed by atoms with Gasteiger partial charge in [0.2, 0.25) is 0 Å². The number of carboxylic acid groups (broad SMARTS) is 1. The van der Waals surface area contributed by atoms with E-state index in [-0.39, 0.29) is 10.2 Å². The predicted molar refractivity (Wildman–Crippen MR) is 98.4 cm³/mol. The first kappa shape index (κ1) is 16.4. The standard InChI is InChI=1S/C18H13NO3S2/c20-14(21)11-19-17(22)16(24-18(19)23)15(12-7-3-1-4-8-12)13-9-5-2-6-10-13/h1-10H,11H2,(H,20,21). The molecule has 0 unspecified atom stereocenters. The Kier molecular flexibility index (Phi) is 4.78. The van der Waals surface area contributed by atoms with E-state index in [9.17, 15) is 9.59 Å². The van der Waals surface area contributed by atoms with Crippen molar-refractivity contribution < 1.29 is 14.7 Å². The van der Waals surface area contributed by atoms with Crippen LogP contribution in [0.15, 0.2) is 65.6 Å². The van der Waals surface area contributed by atoms with Crippen molar-refractivity contribution in [3.8, 4) is 0 Å². The summed E-state index contributed by atoms with van der Waals surface area (Å²) in [5.74, 6) is -1.45. The molecule has 4 nitrogen and oxygen atoms in total. The van der Waals surface area contributed by atoms with E-state index in [1.54, 1.807) is 0 Å². The number of nitrogens with zero attached hydrogens (tertiary/aromatic N) is 1. The van der Waals surface area contributed by atoms with Crippen LogP contribution in [0.3, 0.4) is 0 Å². The zero-order chi connectivity index (χ0) is 17.1. The first-order valence-corrected chi connectivity index (χ1v) is 8.41. The number of carboxylic acids is 1. The lowest BCUT2D eigenvalue weighted by Crippen LogP contribution is -2.33. The van der Waals surface area contributed by atoms with E-state index in [4.69, 9.17) is 17.3 Å². The maximum Gasteiger partial charge on any atom is 0.323 e. The molecule has 6 heteroatoms. The first-order valence-electron chi connectivity index (χ1n) is 7.18. The molecule has 1 N–H and O–H groups in total. The summed E-state index contributed by atoms with van der Waals surface area (Å²) in [6, 6.07) is 19.1. The molecule has 0 bridgehead atoms. The van der Waals surface area contributed by atoms with Gasteiger partial charge in [-0.15, -0.1) is 0 Å². The summed E-state index contributed by atoms with van der Waals surface area (Å²) in [7, 11) is 0. The Morgan fingerprint density at radius 3 is 1.96 bits per heavy atom. The van der Waals surface area contributed by atoms with Crippen molar-refractivity contribution in [2.45, 2.75) is 0 Å². The average Bonchev–Trinajstić information content (AvgIpc) is 2.85. The van der Waals surface area contributed by atoms with Crippen molar-refractivity contribution in [3.05, 3.63) is 76.7 Å². The number of hydrogen-bond acceptors (Lipinski definition) is 4. The zero-order valence-corrected chi connectivity index (χ0v) is 14.1. The van der Waals surface area contributed by atoms with Crippen molar-refractivity contribution in [1.82, 2.24) is 4.90 Å². The Morgan fingerprint density at radius 1 is 1.00 bits per heavy atom. The van der Waals surface area contributed by atoms with Gasteiger partial charge in [0, 0.05) is 5.57 Å². The van der Waals surface area contributed by atoms with Crippen LogP contribution in [-0.4, -0.2) is 32.7 Å². The Morgan fingerprint density at radius 2 is 1.50 bits per heavy atom. The highest BCUT2D eigenvalue weighted by atomic mass is 32.2. The zero-order valence-electron chi connectivity index (χ0n) is 12.5. The molecule has 120 valence electrons. The molecule has 1 saturated heterocycles. The minimum atomic E-state index is -1.09. The van der Waals surface area contributed by atoms with Gasteiger partial charge in [0.1, 0.15) is 10.9 Å². The van der Waals surface area contributed by atoms with Gasteiger partial charge in [-0.2, -0.15) is 0 Å². The van der Waals surface area contributed by atoms with Crippen LogP contribution < -0.4 is 0 Å². The Bertz CT molecular complexity index is 790. The topological polar surface area (TPSA) is 57.6 Å². The lowest BCUT2D eigenvalue weighted by atomic mass is 9.97. The van der Waals surface area contributed by atoms with Crippen LogP contribution in [0.1, 0.15) is 11.1 Å². The second-order valence-corrected chi connectivity index (χ2v) is 6.73. The third kappa shape index (κ3) is 3.25. The van der Waals surface area contributed by atoms with Gasteiger partial charge < -0.3 is 5.11 Å². The fourth-order valence-electron chi connectivity index (χ4n) is 2.46. The van der Waals surface area contributed by atoms with Crippen LogP contribution in [0.4, 0.5) is 0 Å². The van der Waals surface area contributed by atoms with Crippen LogP contribution in [0.2, 0.25) is 0 Å². The highest BCUT2D eigenvalue weighted by Crippen LogP contribution is 2.39. The molecule has 1 aliphatic heterocycles. The number of amides is 1. The van der Waals surface area contributed by atoms with E-state index >= 15 is 0 Å². The Hall–Kier alpha value is -2.44. The van der Waals surface area contributed by atoms with Crippen molar-refractivity contribution in [2.75, 3.05) is 6.54 Å². The van der Waals surface area contributed by atoms with Crippen LogP contribution >= 0.6 is 24.0 Å². The number of benzene rings is 2. The summed E-state index contributed by atoms with van der Waals surface area (Å²) in [4.78, 5) is 25.3. The molecular weight excluding hydrogens is 342 g/mol. The fourth-order valence-corrected chi connectivity index (χ4v) is 3.82. The molecule has 3 rings (SSSR count). The molecule has 1 amide bonds. The lowest BCUT2D eigenvalue weighted by Gasteiger charge is -2.12. The molecule has 1 fully saturated rings. The summed E-state index contributed by atoms with van der Waals surface area (Å²) in [5, 5.41) is 8.99. The molecule has 0 aliphatic carbocycles. The third-order valence-corrected chi connectivity index (χ3v) is 4.94. The van der Waals surface area contributed by atoms with Crippen molar-refractivity contribution in [3.63, 3.8) is 0 Å². The van der Waals surface area contributed by atoms with E-state index < -0.39 is 12.5 Å². The number of carbonyl (C=O) groups excluding carboxylic acids is 1. The van der Waals surface area contributed by atoms with Gasteiger partial charge in [-0.25, -0.2) is 0 Å². The second kappa shape index (κ2) is 6.98. The van der Waals surface area contributed by atoms with E-state index in [0.29, 0.717) is 4.91 Å². The van der Waals surface area contributed by atoms with Gasteiger partial charge in [-0.1, -0.05) is 84.6 Å². The quantitative estimate of drug-likeness (QED) is 0.673. The monoisotopic (exact) mass is 355 g/mol. The number of hydrogen-bond donors (Lipinski definition) is 1. The maximum absolute atomic E-state index is 12.7. The van der Waals surface area contributed by atoms with E-state index in [1.807, 2.05) is 60.7 Å². The number of rotatable bonds is 4. The largest absolute Gasteiger partial charge is 0.480 e. The van der Waals surface area contributed by atoms with Crippen molar-refractivity contribution in [1.29, 1.82) is 0 Å². The molecule has 1 aliphatic rings. The molecule has 0 atom stereocenters. The molecule has 0 saturated carbocycles. The normalized spacial score (nSPS) is 14.2. The fraction of sp³-hybridized carbons (Fsp3) is 0.0556. The number of aliphatic carboxylic acids is 1. The smallest absolute Gasteiger partial charge is 0.323 e. The second-order valence-electron chi connectivity index (χ2n) is 5.09. The van der Waals surface area contributed by atoms with Crippen molar-refractivity contribution >= 4 is 45.7 Å². The lowest BCUT2D eigenvalue weighted by molar-refractivity contribution is -0.140. The van der Waals surface area contributed by atoms with E-state index in [0.717, 1.165) is 33.4 Å². The number of thioether (sulfide) groups is 1. The summed E-state index contributed by atoms with van der Waals surface area (Å²) in [6.45, 7) is -0.426. The van der Waals surface area contributed by atoms with Gasteiger partial charge in [0.25, 0.3) is 5.91 Å². The van der Waals surface area contributed by atoms with E-state index in [1.165, 1.54) is 0 Å². The van der Waals surface area contributed by atoms with Gasteiger partial charge in [0.05, 0.1) is 4.91 Å². The molecule has 2 aromatic carbocycles. The summed E-state index contributed by atoms with van der Waals surface area (Å²) in [5.41, 5.74) is 2.54. The van der Waals surface area contributed by atoms with E-state index in [2.05, 4.69) is 0 Å². The summed E-state index contributed by atoms with van der Waals surface area (Å²) < 4.78 is 0.266. The van der Waals surface area contributed by atoms with Gasteiger partial charge in [-0.05, 0) is 11.1 Å². The highest BCUT2D eigenvalue weighted by molar-refractivity contribution is 8.26. The number of carbonyl (C=O) groups is 2. The van der Waals surface area contributed by atoms with Crippen LogP contribution in [0, 0.1) is 0 Å². The Balaban J connectivity index is 2.15. The molecular formula is C18H13NO3S2. The van der Waals surface area contributed by atoms with Crippen LogP contribution in [0.5, 0.6) is 0 Å². The molecule has 0 radical (unpaired) electrons. The predicted octanol–water partition coefficient (Wildman–Crippen LogP) is 3.39. The summed E-state index contributed by atoms with van der Waals surface area (Å²) >= 11 is 6.35. The molecule has 0 aromatic heterocycles. The average molecular weight is 355 g/mol. The minimum absolute atomic E-state index is 0.266. The highest BCUT2D eigenvalue weighted by Gasteiger charge is 2.36. The first-order chi connectivity index (χ1) is 11.6. The molecule has 2 aromatic rings. The third-order valence-electron chi connectivity index (χ3n) is 3.49.